The highest BCUT2D eigenvalue weighted by atomic mass is 35.5. The van der Waals surface area contributed by atoms with Crippen molar-refractivity contribution >= 4 is 52.5 Å². The molecule has 0 radical (unpaired) electrons. The summed E-state index contributed by atoms with van der Waals surface area (Å²) in [7, 11) is 0. The van der Waals surface area contributed by atoms with E-state index in [0.717, 1.165) is 94.6 Å². The minimum atomic E-state index is -0.973. The first-order chi connectivity index (χ1) is 29.0. The molecule has 4 unspecified atom stereocenters. The van der Waals surface area contributed by atoms with Crippen molar-refractivity contribution in [3.05, 3.63) is 87.9 Å². The van der Waals surface area contributed by atoms with Crippen LogP contribution in [0.5, 0.6) is 5.75 Å². The summed E-state index contributed by atoms with van der Waals surface area (Å²) in [6, 6.07) is 19.8. The number of anilines is 2. The highest BCUT2D eigenvalue weighted by molar-refractivity contribution is 6.31. The molecular formula is C45H51ClN8O6. The molecule has 0 aliphatic carbocycles. The number of carbonyl (C=O) groups is 5. The van der Waals surface area contributed by atoms with E-state index in [1.807, 2.05) is 30.0 Å². The maximum absolute atomic E-state index is 13.9. The van der Waals surface area contributed by atoms with Gasteiger partial charge in [-0.1, -0.05) is 11.6 Å². The number of nitrogens with one attached hydrogen (secondary N) is 1. The van der Waals surface area contributed by atoms with Crippen LogP contribution in [0.4, 0.5) is 11.4 Å². The number of piperidine rings is 1. The molecule has 4 saturated heterocycles. The Kier molecular flexibility index (Phi) is 12.1. The number of benzene rings is 3. The summed E-state index contributed by atoms with van der Waals surface area (Å²) in [6.07, 6.45) is 2.66. The number of ether oxygens (including phenoxy) is 1. The first-order valence-electron chi connectivity index (χ1n) is 21.1. The summed E-state index contributed by atoms with van der Waals surface area (Å²) < 4.78 is 6.14. The number of fused-ring (bicyclic) bond motifs is 1. The van der Waals surface area contributed by atoms with E-state index >= 15 is 0 Å². The molecule has 5 aliphatic heterocycles. The highest BCUT2D eigenvalue weighted by Gasteiger charge is 2.45. The molecule has 0 bridgehead atoms. The number of nitrogens with zero attached hydrogens (tertiary/aromatic N) is 7. The summed E-state index contributed by atoms with van der Waals surface area (Å²) in [5.74, 6) is -1.31. The van der Waals surface area contributed by atoms with Crippen LogP contribution in [-0.2, 0) is 9.59 Å². The first-order valence-corrected chi connectivity index (χ1v) is 21.4. The monoisotopic (exact) mass is 834 g/mol. The number of hydrogen-bond donors (Lipinski definition) is 1. The zero-order chi connectivity index (χ0) is 42.1. The molecule has 3 aromatic rings. The maximum atomic E-state index is 13.9. The van der Waals surface area contributed by atoms with Crippen LogP contribution in [0.2, 0.25) is 5.02 Å². The summed E-state index contributed by atoms with van der Waals surface area (Å²) >= 11 is 6.21. The van der Waals surface area contributed by atoms with Crippen molar-refractivity contribution in [3.63, 3.8) is 0 Å². The van der Waals surface area contributed by atoms with Gasteiger partial charge in [0.1, 0.15) is 17.9 Å². The van der Waals surface area contributed by atoms with Crippen LogP contribution in [-0.4, -0.2) is 139 Å². The third kappa shape index (κ3) is 8.57. The van der Waals surface area contributed by atoms with Crippen molar-refractivity contribution in [1.29, 1.82) is 5.26 Å². The minimum absolute atomic E-state index is 0.0491. The van der Waals surface area contributed by atoms with Gasteiger partial charge in [0.05, 0.1) is 27.8 Å². The van der Waals surface area contributed by atoms with E-state index in [-0.39, 0.29) is 36.9 Å². The van der Waals surface area contributed by atoms with Crippen LogP contribution in [0.1, 0.15) is 82.6 Å². The smallest absolute Gasteiger partial charge is 0.262 e. The lowest BCUT2D eigenvalue weighted by atomic mass is 10.0. The predicted octanol–water partition coefficient (Wildman–Crippen LogP) is 4.41. The Labute approximate surface area is 355 Å². The maximum Gasteiger partial charge on any atom is 0.262 e. The van der Waals surface area contributed by atoms with Crippen molar-refractivity contribution in [1.82, 2.24) is 24.9 Å². The Balaban J connectivity index is 0.772. The molecule has 8 rings (SSSR count). The number of rotatable bonds is 11. The summed E-state index contributed by atoms with van der Waals surface area (Å²) in [6.45, 7) is 13.2. The fourth-order valence-corrected chi connectivity index (χ4v) is 9.57. The van der Waals surface area contributed by atoms with Gasteiger partial charge in [0.15, 0.2) is 0 Å². The van der Waals surface area contributed by atoms with Crippen LogP contribution in [0, 0.1) is 11.3 Å². The van der Waals surface area contributed by atoms with Gasteiger partial charge in [-0.2, -0.15) is 5.26 Å². The van der Waals surface area contributed by atoms with E-state index in [0.29, 0.717) is 39.4 Å². The second-order valence-corrected chi connectivity index (χ2v) is 17.0. The standard InChI is InChI=1S/C45H51ClN8O6/c1-29-3-7-35(25-30(2)60-36-11-6-32(28-47)39(46)27-36)53(29)43(57)31-4-8-33(9-5-31)51-21-17-49(18-22-51)15-16-50-19-23-52(24-20-50)34-10-12-37-38(26-34)45(59)54(44(37)58)40-13-14-41(55)48-42(40)56/h4-6,8-12,26-27,29-30,35,40H,3,7,13-25H2,1-2H3,(H,48,55,56). The number of halogens is 1. The van der Waals surface area contributed by atoms with E-state index < -0.39 is 29.7 Å². The number of amides is 5. The second-order valence-electron chi connectivity index (χ2n) is 16.6. The molecule has 5 heterocycles. The lowest BCUT2D eigenvalue weighted by molar-refractivity contribution is -0.136. The third-order valence-corrected chi connectivity index (χ3v) is 13.1. The molecule has 1 N–H and O–H groups in total. The van der Waals surface area contributed by atoms with E-state index in [1.54, 1.807) is 30.3 Å². The fraction of sp³-hybridized carbons (Fsp3) is 0.467. The predicted molar refractivity (Wildman–Crippen MR) is 226 cm³/mol. The van der Waals surface area contributed by atoms with Crippen molar-refractivity contribution in [2.75, 3.05) is 75.2 Å². The van der Waals surface area contributed by atoms with E-state index in [4.69, 9.17) is 16.3 Å². The van der Waals surface area contributed by atoms with Gasteiger partial charge in [0.2, 0.25) is 11.8 Å². The van der Waals surface area contributed by atoms with Gasteiger partial charge in [-0.05, 0) is 87.7 Å². The lowest BCUT2D eigenvalue weighted by Gasteiger charge is -2.39. The van der Waals surface area contributed by atoms with Crippen LogP contribution in [0.25, 0.3) is 0 Å². The Morgan fingerprint density at radius 1 is 0.817 bits per heavy atom. The molecule has 0 aromatic heterocycles. The van der Waals surface area contributed by atoms with Gasteiger partial charge < -0.3 is 19.4 Å². The molecule has 4 fully saturated rings. The molecule has 0 spiro atoms. The Hall–Kier alpha value is -5.49. The molecule has 14 nitrogen and oxygen atoms in total. The molecule has 4 atom stereocenters. The normalized spacial score (nSPS) is 23.1. The van der Waals surface area contributed by atoms with Crippen LogP contribution in [0.3, 0.4) is 0 Å². The topological polar surface area (TPSA) is 150 Å². The zero-order valence-corrected chi connectivity index (χ0v) is 34.9. The second kappa shape index (κ2) is 17.6. The molecule has 5 amide bonds. The van der Waals surface area contributed by atoms with Crippen molar-refractivity contribution in [3.8, 4) is 11.8 Å². The van der Waals surface area contributed by atoms with E-state index in [9.17, 15) is 29.2 Å². The fourth-order valence-electron chi connectivity index (χ4n) is 9.35. The number of imide groups is 2. The van der Waals surface area contributed by atoms with Gasteiger partial charge in [-0.15, -0.1) is 0 Å². The third-order valence-electron chi connectivity index (χ3n) is 12.8. The first kappa shape index (κ1) is 41.3. The van der Waals surface area contributed by atoms with Crippen LogP contribution in [0.15, 0.2) is 60.7 Å². The van der Waals surface area contributed by atoms with Crippen molar-refractivity contribution < 1.29 is 28.7 Å². The quantitative estimate of drug-likeness (QED) is 0.274. The summed E-state index contributed by atoms with van der Waals surface area (Å²) in [5.41, 5.74) is 3.71. The van der Waals surface area contributed by atoms with Crippen molar-refractivity contribution in [2.24, 2.45) is 0 Å². The van der Waals surface area contributed by atoms with Gasteiger partial charge in [-0.3, -0.25) is 44.0 Å². The molecule has 0 saturated carbocycles. The molecule has 60 heavy (non-hydrogen) atoms. The lowest BCUT2D eigenvalue weighted by Crippen LogP contribution is -2.54. The molecule has 314 valence electrons. The number of carbonyl (C=O) groups excluding carboxylic acids is 5. The Bertz CT molecular complexity index is 2200. The SMILES string of the molecule is CC(CC1CCC(C)N1C(=O)c1ccc(N2CCN(CCN3CCN(c4ccc5c(c4)C(=O)N(C4CCC(=O)NC4=O)C5=O)CC3)CC2)cc1)Oc1ccc(C#N)c(Cl)c1. The number of piperazine rings is 2. The Morgan fingerprint density at radius 2 is 1.45 bits per heavy atom. The van der Waals surface area contributed by atoms with Crippen molar-refractivity contribution in [2.45, 2.75) is 70.2 Å². The number of hydrogen-bond acceptors (Lipinski definition) is 11. The zero-order valence-electron chi connectivity index (χ0n) is 34.1. The number of likely N-dealkylation sites (tertiary alicyclic amines) is 1. The van der Waals surface area contributed by atoms with Crippen LogP contribution >= 0.6 is 11.6 Å². The van der Waals surface area contributed by atoms with Gasteiger partial charge in [0.25, 0.3) is 17.7 Å². The van der Waals surface area contributed by atoms with E-state index in [1.165, 1.54) is 0 Å². The number of nitriles is 1. The molecular weight excluding hydrogens is 784 g/mol. The summed E-state index contributed by atoms with van der Waals surface area (Å²) in [4.78, 5) is 77.0. The average Bonchev–Trinajstić information content (AvgIpc) is 3.73. The average molecular weight is 835 g/mol. The Morgan fingerprint density at radius 3 is 2.08 bits per heavy atom. The minimum Gasteiger partial charge on any atom is -0.491 e. The van der Waals surface area contributed by atoms with E-state index in [2.05, 4.69) is 50.0 Å². The summed E-state index contributed by atoms with van der Waals surface area (Å²) in [5, 5.41) is 11.8. The molecule has 5 aliphatic rings. The van der Waals surface area contributed by atoms with Crippen LogP contribution < -0.4 is 19.9 Å². The van der Waals surface area contributed by atoms with Gasteiger partial charge in [0, 0.05) is 113 Å². The van der Waals surface area contributed by atoms with Gasteiger partial charge in [-0.25, -0.2) is 0 Å². The molecule has 15 heteroatoms. The highest BCUT2D eigenvalue weighted by Crippen LogP contribution is 2.33. The molecule has 3 aromatic carbocycles. The van der Waals surface area contributed by atoms with Gasteiger partial charge >= 0.3 is 0 Å². The largest absolute Gasteiger partial charge is 0.491 e.